The Balaban J connectivity index is 1.44. The number of hydrogen-bond donors (Lipinski definition) is 1. The molecule has 0 spiro atoms. The quantitative estimate of drug-likeness (QED) is 0.222. The van der Waals surface area contributed by atoms with Crippen LogP contribution in [0.5, 0.6) is 5.75 Å². The van der Waals surface area contributed by atoms with Crippen LogP contribution in [-0.2, 0) is 29.1 Å². The number of benzene rings is 2. The van der Waals surface area contributed by atoms with Gasteiger partial charge in [0.1, 0.15) is 24.8 Å². The Morgan fingerprint density at radius 1 is 1.09 bits per heavy atom. The van der Waals surface area contributed by atoms with E-state index in [1.165, 1.54) is 41.7 Å². The molecule has 4 rings (SSSR count). The van der Waals surface area contributed by atoms with Crippen LogP contribution in [0.4, 0.5) is 5.69 Å². The number of quaternary nitrogens is 1. The summed E-state index contributed by atoms with van der Waals surface area (Å²) in [6, 6.07) is 12.1. The zero-order valence-electron chi connectivity index (χ0n) is 25.1. The predicted octanol–water partition coefficient (Wildman–Crippen LogP) is 1.75. The number of methoxy groups -OCH3 is 1. The Kier molecular flexibility index (Phi) is 10.5. The maximum Gasteiger partial charge on any atom is 0.336 e. The van der Waals surface area contributed by atoms with Crippen molar-refractivity contribution in [2.24, 2.45) is 10.9 Å². The van der Waals surface area contributed by atoms with E-state index in [0.29, 0.717) is 55.4 Å². The van der Waals surface area contributed by atoms with Gasteiger partial charge < -0.3 is 19.1 Å². The molecule has 2 aromatic carbocycles. The Hall–Kier alpha value is -4.14. The standard InChI is InChI=1S/C30H36N4O9S/c1-5-42-29(35)26-20(2)31-21(3)27(28(26)22-7-6-8-23(19-22)34(37)38)30(36)43-18-17-32-13-15-33(16-14-32)44(39,40)25-11-9-24(41-4)10-12-25/h6-12,19,26,28H,5,13-18H2,1-4H3/p+1/t26?,28-/m0/s1. The van der Waals surface area contributed by atoms with Gasteiger partial charge in [0.05, 0.1) is 55.3 Å². The fourth-order valence-electron chi connectivity index (χ4n) is 5.59. The molecular weight excluding hydrogens is 592 g/mol. The third-order valence-electron chi connectivity index (χ3n) is 7.84. The van der Waals surface area contributed by atoms with Crippen LogP contribution >= 0.6 is 0 Å². The highest BCUT2D eigenvalue weighted by atomic mass is 32.2. The Labute approximate surface area is 256 Å². The topological polar surface area (TPSA) is 159 Å². The monoisotopic (exact) mass is 629 g/mol. The summed E-state index contributed by atoms with van der Waals surface area (Å²) in [6.45, 7) is 7.25. The van der Waals surface area contributed by atoms with Crippen LogP contribution in [0, 0.1) is 16.0 Å². The number of hydrogen-bond acceptors (Lipinski definition) is 10. The summed E-state index contributed by atoms with van der Waals surface area (Å²) in [5, 5.41) is 11.5. The number of nitro benzene ring substituents is 1. The van der Waals surface area contributed by atoms with E-state index in [9.17, 15) is 28.1 Å². The van der Waals surface area contributed by atoms with E-state index in [-0.39, 0.29) is 29.4 Å². The van der Waals surface area contributed by atoms with Crippen molar-refractivity contribution in [1.29, 1.82) is 0 Å². The van der Waals surface area contributed by atoms with Gasteiger partial charge >= 0.3 is 11.9 Å². The van der Waals surface area contributed by atoms with E-state index in [1.54, 1.807) is 39.0 Å². The largest absolute Gasteiger partial charge is 0.497 e. The fraction of sp³-hybridized carbons (Fsp3) is 0.433. The molecule has 0 saturated carbocycles. The molecule has 236 valence electrons. The van der Waals surface area contributed by atoms with Crippen LogP contribution in [0.15, 0.2) is 69.7 Å². The second-order valence-electron chi connectivity index (χ2n) is 10.5. The van der Waals surface area contributed by atoms with E-state index >= 15 is 0 Å². The summed E-state index contributed by atoms with van der Waals surface area (Å²) in [5.74, 6) is -2.55. The number of esters is 2. The number of nitrogens with zero attached hydrogens (tertiary/aromatic N) is 3. The molecule has 2 aliphatic rings. The van der Waals surface area contributed by atoms with Crippen LogP contribution in [0.2, 0.25) is 0 Å². The van der Waals surface area contributed by atoms with Crippen molar-refractivity contribution in [3.8, 4) is 5.75 Å². The summed E-state index contributed by atoms with van der Waals surface area (Å²) in [5.41, 5.74) is 1.15. The van der Waals surface area contributed by atoms with Crippen LogP contribution in [0.25, 0.3) is 0 Å². The minimum absolute atomic E-state index is 0.0462. The number of allylic oxidation sites excluding steroid dienone is 1. The van der Waals surface area contributed by atoms with Crippen LogP contribution in [0.3, 0.4) is 0 Å². The number of nitrogens with one attached hydrogen (secondary N) is 1. The molecular formula is C30H37N4O9S+. The lowest BCUT2D eigenvalue weighted by Gasteiger charge is -2.32. The second kappa shape index (κ2) is 14.1. The molecule has 1 N–H and O–H groups in total. The van der Waals surface area contributed by atoms with Gasteiger partial charge in [0.15, 0.2) is 0 Å². The minimum Gasteiger partial charge on any atom is -0.497 e. The zero-order valence-corrected chi connectivity index (χ0v) is 26.0. The van der Waals surface area contributed by atoms with Crippen molar-refractivity contribution < 1.29 is 42.0 Å². The molecule has 1 unspecified atom stereocenters. The smallest absolute Gasteiger partial charge is 0.336 e. The molecule has 0 amide bonds. The highest BCUT2D eigenvalue weighted by Gasteiger charge is 2.43. The van der Waals surface area contributed by atoms with Crippen LogP contribution in [0.1, 0.15) is 32.3 Å². The molecule has 13 nitrogen and oxygen atoms in total. The van der Waals surface area contributed by atoms with E-state index in [0.717, 1.165) is 4.90 Å². The average Bonchev–Trinajstić information content (AvgIpc) is 3.01. The number of carbonyl (C=O) groups is 2. The van der Waals surface area contributed by atoms with Crippen molar-refractivity contribution in [1.82, 2.24) is 4.31 Å². The number of nitro groups is 1. The number of piperazine rings is 1. The molecule has 2 aliphatic heterocycles. The van der Waals surface area contributed by atoms with E-state index in [4.69, 9.17) is 14.2 Å². The van der Waals surface area contributed by atoms with Gasteiger partial charge in [-0.2, -0.15) is 4.31 Å². The van der Waals surface area contributed by atoms with E-state index < -0.39 is 38.7 Å². The first-order valence-corrected chi connectivity index (χ1v) is 15.7. The maximum atomic E-state index is 13.5. The predicted molar refractivity (Wildman–Crippen MR) is 160 cm³/mol. The number of ether oxygens (including phenoxy) is 3. The molecule has 1 fully saturated rings. The molecule has 1 saturated heterocycles. The molecule has 0 aromatic heterocycles. The van der Waals surface area contributed by atoms with Crippen molar-refractivity contribution in [2.45, 2.75) is 31.6 Å². The lowest BCUT2D eigenvalue weighted by atomic mass is 9.75. The van der Waals surface area contributed by atoms with Crippen LogP contribution in [-0.4, -0.2) is 88.3 Å². The Bertz CT molecular complexity index is 1560. The number of non-ortho nitro benzene ring substituents is 1. The summed E-state index contributed by atoms with van der Waals surface area (Å²) < 4.78 is 43.7. The molecule has 0 bridgehead atoms. The number of carbonyl (C=O) groups excluding carboxylic acids is 2. The second-order valence-corrected chi connectivity index (χ2v) is 12.5. The average molecular weight is 630 g/mol. The summed E-state index contributed by atoms with van der Waals surface area (Å²) in [4.78, 5) is 43.3. The SMILES string of the molecule is CCOC(=O)C1C(C)=NC(C)=C(C(=O)OCC[NH+]2CCN(S(=O)(=O)c3ccc(OC)cc3)CC2)[C@H]1c1cccc([N+](=O)[O-])c1. The van der Waals surface area contributed by atoms with Gasteiger partial charge in [0.25, 0.3) is 5.69 Å². The summed E-state index contributed by atoms with van der Waals surface area (Å²) in [6.07, 6.45) is 0. The van der Waals surface area contributed by atoms with Crippen LogP contribution < -0.4 is 9.64 Å². The van der Waals surface area contributed by atoms with Gasteiger partial charge in [-0.15, -0.1) is 0 Å². The molecule has 2 atom stereocenters. The lowest BCUT2D eigenvalue weighted by molar-refractivity contribution is -0.903. The van der Waals surface area contributed by atoms with E-state index in [1.807, 2.05) is 0 Å². The number of sulfonamides is 1. The van der Waals surface area contributed by atoms with Crippen molar-refractivity contribution in [3.05, 3.63) is 75.5 Å². The van der Waals surface area contributed by atoms with Gasteiger partial charge in [-0.3, -0.25) is 19.9 Å². The minimum atomic E-state index is -3.65. The molecule has 2 heterocycles. The first kappa shape index (κ1) is 32.8. The van der Waals surface area contributed by atoms with Crippen molar-refractivity contribution >= 4 is 33.4 Å². The van der Waals surface area contributed by atoms with Gasteiger partial charge in [-0.1, -0.05) is 12.1 Å². The van der Waals surface area contributed by atoms with Crippen molar-refractivity contribution in [3.63, 3.8) is 0 Å². The van der Waals surface area contributed by atoms with Gasteiger partial charge in [0.2, 0.25) is 10.0 Å². The number of aliphatic imine (C=N–C) groups is 1. The van der Waals surface area contributed by atoms with Crippen molar-refractivity contribution in [2.75, 3.05) is 53.0 Å². The molecule has 0 radical (unpaired) electrons. The first-order valence-electron chi connectivity index (χ1n) is 14.3. The lowest BCUT2D eigenvalue weighted by Crippen LogP contribution is -3.15. The first-order chi connectivity index (χ1) is 21.0. The molecule has 44 heavy (non-hydrogen) atoms. The van der Waals surface area contributed by atoms with Gasteiger partial charge in [-0.25, -0.2) is 13.2 Å². The highest BCUT2D eigenvalue weighted by molar-refractivity contribution is 7.89. The molecule has 2 aromatic rings. The molecule has 14 heteroatoms. The van der Waals surface area contributed by atoms with Gasteiger partial charge in [0, 0.05) is 29.5 Å². The van der Waals surface area contributed by atoms with Gasteiger partial charge in [-0.05, 0) is 50.6 Å². The Morgan fingerprint density at radius 2 is 1.77 bits per heavy atom. The normalized spacial score (nSPS) is 19.7. The van der Waals surface area contributed by atoms with E-state index in [2.05, 4.69) is 4.99 Å². The zero-order chi connectivity index (χ0) is 32.0. The summed E-state index contributed by atoms with van der Waals surface area (Å²) in [7, 11) is -2.13. The highest BCUT2D eigenvalue weighted by Crippen LogP contribution is 2.41. The maximum absolute atomic E-state index is 13.5. The summed E-state index contributed by atoms with van der Waals surface area (Å²) >= 11 is 0. The Morgan fingerprint density at radius 3 is 2.39 bits per heavy atom. The molecule has 0 aliphatic carbocycles. The fourth-order valence-corrected chi connectivity index (χ4v) is 7.03. The third-order valence-corrected chi connectivity index (χ3v) is 9.76. The third kappa shape index (κ3) is 7.14. The number of rotatable bonds is 11.